The Bertz CT molecular complexity index is 614. The smallest absolute Gasteiger partial charge is 0.225 e. The molecule has 0 radical (unpaired) electrons. The van der Waals surface area contributed by atoms with Gasteiger partial charge in [-0.05, 0) is 12.5 Å². The molecule has 3 nitrogen and oxygen atoms in total. The van der Waals surface area contributed by atoms with Crippen molar-refractivity contribution >= 4 is 16.8 Å². The van der Waals surface area contributed by atoms with Gasteiger partial charge in [0.1, 0.15) is 0 Å². The Hall–Kier alpha value is -1.77. The molecule has 19 heavy (non-hydrogen) atoms. The van der Waals surface area contributed by atoms with Crippen molar-refractivity contribution in [3.63, 3.8) is 0 Å². The van der Waals surface area contributed by atoms with E-state index >= 15 is 0 Å². The summed E-state index contributed by atoms with van der Waals surface area (Å²) in [5, 5.41) is 1.26. The maximum atomic E-state index is 12.3. The number of amides is 1. The maximum Gasteiger partial charge on any atom is 0.225 e. The number of carbonyl (C=O) groups excluding carboxylic acids is 1. The molecule has 1 amide bonds. The largest absolute Gasteiger partial charge is 0.358 e. The van der Waals surface area contributed by atoms with Crippen LogP contribution in [0.2, 0.25) is 0 Å². The first-order valence-corrected chi connectivity index (χ1v) is 7.08. The van der Waals surface area contributed by atoms with Crippen LogP contribution >= 0.6 is 0 Å². The number of carbonyl (C=O) groups is 1. The Labute approximate surface area is 113 Å². The van der Waals surface area contributed by atoms with Gasteiger partial charge in [-0.15, -0.1) is 0 Å². The van der Waals surface area contributed by atoms with Gasteiger partial charge in [0.05, 0.1) is 0 Å². The minimum absolute atomic E-state index is 0.131. The zero-order valence-electron chi connectivity index (χ0n) is 11.6. The summed E-state index contributed by atoms with van der Waals surface area (Å²) in [5.74, 6) is 0.421. The molecule has 1 aromatic carbocycles. The standard InChI is InChI=1S/C16H20N2O/c1-3-11(2)16(19)18-9-8-15-13(10-18)12-6-4-5-7-14(12)17-15/h4-7,11,17H,3,8-10H2,1-2H3. The fourth-order valence-corrected chi connectivity index (χ4v) is 2.84. The van der Waals surface area contributed by atoms with Crippen LogP contribution in [-0.4, -0.2) is 22.3 Å². The van der Waals surface area contributed by atoms with Gasteiger partial charge in [-0.2, -0.15) is 0 Å². The van der Waals surface area contributed by atoms with Crippen LogP contribution < -0.4 is 0 Å². The van der Waals surface area contributed by atoms with Gasteiger partial charge in [-0.1, -0.05) is 32.0 Å². The number of fused-ring (bicyclic) bond motifs is 3. The van der Waals surface area contributed by atoms with Gasteiger partial charge in [0.2, 0.25) is 5.91 Å². The average molecular weight is 256 g/mol. The molecule has 1 aliphatic rings. The third kappa shape index (κ3) is 2.03. The number of aromatic nitrogens is 1. The molecule has 0 fully saturated rings. The van der Waals surface area contributed by atoms with Gasteiger partial charge in [0.25, 0.3) is 0 Å². The SMILES string of the molecule is CCC(C)C(=O)N1CCc2[nH]c3ccccc3c2C1. The lowest BCUT2D eigenvalue weighted by molar-refractivity contribution is -0.136. The molecule has 100 valence electrons. The number of para-hydroxylation sites is 1. The van der Waals surface area contributed by atoms with Crippen LogP contribution in [0.3, 0.4) is 0 Å². The molecule has 0 bridgehead atoms. The van der Waals surface area contributed by atoms with Crippen LogP contribution in [0.4, 0.5) is 0 Å². The molecule has 0 saturated carbocycles. The topological polar surface area (TPSA) is 36.1 Å². The second-order valence-electron chi connectivity index (χ2n) is 5.45. The quantitative estimate of drug-likeness (QED) is 0.880. The molecule has 0 saturated heterocycles. The minimum Gasteiger partial charge on any atom is -0.358 e. The molecule has 2 heterocycles. The molecule has 1 atom stereocenters. The molecule has 0 aliphatic carbocycles. The van der Waals surface area contributed by atoms with Gasteiger partial charge in [-0.3, -0.25) is 4.79 Å². The highest BCUT2D eigenvalue weighted by molar-refractivity contribution is 5.86. The summed E-state index contributed by atoms with van der Waals surface area (Å²) in [4.78, 5) is 17.8. The van der Waals surface area contributed by atoms with Crippen molar-refractivity contribution < 1.29 is 4.79 Å². The highest BCUT2D eigenvalue weighted by atomic mass is 16.2. The number of hydrogen-bond acceptors (Lipinski definition) is 1. The van der Waals surface area contributed by atoms with Crippen LogP contribution in [-0.2, 0) is 17.8 Å². The van der Waals surface area contributed by atoms with Crippen molar-refractivity contribution in [1.29, 1.82) is 0 Å². The first kappa shape index (κ1) is 12.3. The van der Waals surface area contributed by atoms with E-state index < -0.39 is 0 Å². The monoisotopic (exact) mass is 256 g/mol. The first-order valence-electron chi connectivity index (χ1n) is 7.08. The fourth-order valence-electron chi connectivity index (χ4n) is 2.84. The molecule has 3 heteroatoms. The van der Waals surface area contributed by atoms with Crippen molar-refractivity contribution in [1.82, 2.24) is 9.88 Å². The van der Waals surface area contributed by atoms with Gasteiger partial charge in [0, 0.05) is 47.6 Å². The third-order valence-corrected chi connectivity index (χ3v) is 4.23. The lowest BCUT2D eigenvalue weighted by atomic mass is 10.0. The van der Waals surface area contributed by atoms with Gasteiger partial charge < -0.3 is 9.88 Å². The molecule has 0 spiro atoms. The summed E-state index contributed by atoms with van der Waals surface area (Å²) in [6.45, 7) is 5.68. The number of H-pyrrole nitrogens is 1. The van der Waals surface area contributed by atoms with Crippen LogP contribution in [0.1, 0.15) is 31.5 Å². The lowest BCUT2D eigenvalue weighted by Gasteiger charge is -2.29. The highest BCUT2D eigenvalue weighted by Gasteiger charge is 2.25. The number of nitrogens with zero attached hydrogens (tertiary/aromatic N) is 1. The van der Waals surface area contributed by atoms with Crippen LogP contribution in [0.5, 0.6) is 0 Å². The maximum absolute atomic E-state index is 12.3. The van der Waals surface area contributed by atoms with E-state index in [4.69, 9.17) is 0 Å². The third-order valence-electron chi connectivity index (χ3n) is 4.23. The number of hydrogen-bond donors (Lipinski definition) is 1. The predicted molar refractivity (Wildman–Crippen MR) is 76.9 cm³/mol. The predicted octanol–water partition coefficient (Wildman–Crippen LogP) is 3.10. The summed E-state index contributed by atoms with van der Waals surface area (Å²) in [5.41, 5.74) is 3.79. The summed E-state index contributed by atoms with van der Waals surface area (Å²) in [6.07, 6.45) is 1.85. The van der Waals surface area contributed by atoms with E-state index in [1.165, 1.54) is 22.2 Å². The van der Waals surface area contributed by atoms with E-state index in [9.17, 15) is 4.79 Å². The van der Waals surface area contributed by atoms with Crippen LogP contribution in [0.15, 0.2) is 24.3 Å². The van der Waals surface area contributed by atoms with E-state index in [0.29, 0.717) is 5.91 Å². The Kier molecular flexibility index (Phi) is 3.05. The Morgan fingerprint density at radius 2 is 2.21 bits per heavy atom. The van der Waals surface area contributed by atoms with Crippen LogP contribution in [0, 0.1) is 5.92 Å². The van der Waals surface area contributed by atoms with E-state index in [0.717, 1.165) is 25.9 Å². The van der Waals surface area contributed by atoms with Crippen molar-refractivity contribution in [3.05, 3.63) is 35.5 Å². The number of nitrogens with one attached hydrogen (secondary N) is 1. The molecule has 1 N–H and O–H groups in total. The Morgan fingerprint density at radius 1 is 1.42 bits per heavy atom. The Balaban J connectivity index is 1.93. The summed E-state index contributed by atoms with van der Waals surface area (Å²) >= 11 is 0. The van der Waals surface area contributed by atoms with Gasteiger partial charge >= 0.3 is 0 Å². The van der Waals surface area contributed by atoms with E-state index in [-0.39, 0.29) is 5.92 Å². The van der Waals surface area contributed by atoms with E-state index in [1.807, 2.05) is 17.9 Å². The van der Waals surface area contributed by atoms with Crippen molar-refractivity contribution in [3.8, 4) is 0 Å². The highest BCUT2D eigenvalue weighted by Crippen LogP contribution is 2.28. The second kappa shape index (κ2) is 4.72. The zero-order valence-corrected chi connectivity index (χ0v) is 11.6. The van der Waals surface area contributed by atoms with Crippen molar-refractivity contribution in [2.24, 2.45) is 5.92 Å². The van der Waals surface area contributed by atoms with E-state index in [1.54, 1.807) is 0 Å². The molecule has 1 aliphatic heterocycles. The van der Waals surface area contributed by atoms with E-state index in [2.05, 4.69) is 30.1 Å². The average Bonchev–Trinajstić information content (AvgIpc) is 2.83. The molecule has 1 unspecified atom stereocenters. The lowest BCUT2D eigenvalue weighted by Crippen LogP contribution is -2.38. The molecule has 2 aromatic rings. The summed E-state index contributed by atoms with van der Waals surface area (Å²) in [7, 11) is 0. The van der Waals surface area contributed by atoms with Crippen LogP contribution in [0.25, 0.3) is 10.9 Å². The van der Waals surface area contributed by atoms with Crippen molar-refractivity contribution in [2.75, 3.05) is 6.54 Å². The van der Waals surface area contributed by atoms with Gasteiger partial charge in [0.15, 0.2) is 0 Å². The number of rotatable bonds is 2. The van der Waals surface area contributed by atoms with Gasteiger partial charge in [-0.25, -0.2) is 0 Å². The van der Waals surface area contributed by atoms with Crippen molar-refractivity contribution in [2.45, 2.75) is 33.2 Å². The normalized spacial score (nSPS) is 16.4. The second-order valence-corrected chi connectivity index (χ2v) is 5.45. The molecular formula is C16H20N2O. The summed E-state index contributed by atoms with van der Waals surface area (Å²) < 4.78 is 0. The summed E-state index contributed by atoms with van der Waals surface area (Å²) in [6, 6.07) is 8.36. The number of aromatic amines is 1. The zero-order chi connectivity index (χ0) is 13.4. The molecular weight excluding hydrogens is 236 g/mol. The number of benzene rings is 1. The first-order chi connectivity index (χ1) is 9.20. The molecule has 1 aromatic heterocycles. The Morgan fingerprint density at radius 3 is 3.00 bits per heavy atom. The molecule has 3 rings (SSSR count). The minimum atomic E-state index is 0.131. The fraction of sp³-hybridized carbons (Fsp3) is 0.438.